The summed E-state index contributed by atoms with van der Waals surface area (Å²) < 4.78 is 12.5. The molecule has 0 amide bonds. The van der Waals surface area contributed by atoms with Gasteiger partial charge in [0, 0.05) is 6.04 Å². The first-order valence-corrected chi connectivity index (χ1v) is 7.64. The van der Waals surface area contributed by atoms with Gasteiger partial charge in [0.1, 0.15) is 0 Å². The van der Waals surface area contributed by atoms with Gasteiger partial charge in [-0.1, -0.05) is 6.92 Å². The molecular formula is C15H24BrNO2. The highest BCUT2D eigenvalue weighted by Gasteiger charge is 2.15. The quantitative estimate of drug-likeness (QED) is 0.824. The van der Waals surface area contributed by atoms with Crippen molar-refractivity contribution >= 4 is 15.9 Å². The number of nitrogens with two attached hydrogens (primary N) is 1. The highest BCUT2D eigenvalue weighted by molar-refractivity contribution is 9.10. The molecule has 1 rings (SSSR count). The van der Waals surface area contributed by atoms with Crippen LogP contribution < -0.4 is 15.2 Å². The van der Waals surface area contributed by atoms with Gasteiger partial charge in [0.2, 0.25) is 0 Å². The van der Waals surface area contributed by atoms with E-state index in [1.807, 2.05) is 19.9 Å². The summed E-state index contributed by atoms with van der Waals surface area (Å²) in [5.74, 6) is 1.57. The van der Waals surface area contributed by atoms with E-state index in [-0.39, 0.29) is 12.1 Å². The molecule has 4 heteroatoms. The van der Waals surface area contributed by atoms with Crippen molar-refractivity contribution in [3.05, 3.63) is 22.2 Å². The third-order valence-electron chi connectivity index (χ3n) is 2.82. The van der Waals surface area contributed by atoms with Crippen molar-refractivity contribution in [3.8, 4) is 11.5 Å². The lowest BCUT2D eigenvalue weighted by Crippen LogP contribution is -2.18. The highest BCUT2D eigenvalue weighted by atomic mass is 79.9. The number of benzene rings is 1. The standard InChI is InChI=1S/C15H24BrNO2/c1-5-11(4)19-15-13(16)8-12(7-10(3)17)9-14(15)18-6-2/h8-11H,5-7,17H2,1-4H3. The maximum Gasteiger partial charge on any atom is 0.175 e. The molecule has 0 aromatic heterocycles. The summed E-state index contributed by atoms with van der Waals surface area (Å²) in [4.78, 5) is 0. The summed E-state index contributed by atoms with van der Waals surface area (Å²) in [6, 6.07) is 4.21. The molecule has 0 saturated heterocycles. The molecule has 1 aromatic rings. The number of ether oxygens (including phenoxy) is 2. The van der Waals surface area contributed by atoms with Gasteiger partial charge in [0.15, 0.2) is 11.5 Å². The third kappa shape index (κ3) is 5.03. The van der Waals surface area contributed by atoms with Crippen LogP contribution in [0.5, 0.6) is 11.5 Å². The van der Waals surface area contributed by atoms with Crippen LogP contribution in [0.4, 0.5) is 0 Å². The van der Waals surface area contributed by atoms with Crippen molar-refractivity contribution in [2.75, 3.05) is 6.61 Å². The van der Waals surface area contributed by atoms with E-state index in [9.17, 15) is 0 Å². The van der Waals surface area contributed by atoms with Crippen LogP contribution >= 0.6 is 15.9 Å². The first-order valence-electron chi connectivity index (χ1n) is 6.85. The molecule has 19 heavy (non-hydrogen) atoms. The second kappa shape index (κ2) is 7.75. The summed E-state index contributed by atoms with van der Waals surface area (Å²) in [6.07, 6.45) is 1.94. The highest BCUT2D eigenvalue weighted by Crippen LogP contribution is 2.38. The fourth-order valence-electron chi connectivity index (χ4n) is 1.77. The van der Waals surface area contributed by atoms with Crippen molar-refractivity contribution in [1.29, 1.82) is 0 Å². The fourth-order valence-corrected chi connectivity index (χ4v) is 2.36. The molecule has 0 radical (unpaired) electrons. The number of halogens is 1. The van der Waals surface area contributed by atoms with Crippen LogP contribution in [0, 0.1) is 0 Å². The van der Waals surface area contributed by atoms with E-state index >= 15 is 0 Å². The molecular weight excluding hydrogens is 306 g/mol. The average Bonchev–Trinajstić information content (AvgIpc) is 2.32. The van der Waals surface area contributed by atoms with E-state index in [4.69, 9.17) is 15.2 Å². The topological polar surface area (TPSA) is 44.5 Å². The molecule has 0 heterocycles. The fraction of sp³-hybridized carbons (Fsp3) is 0.600. The first kappa shape index (κ1) is 16.3. The molecule has 0 spiro atoms. The van der Waals surface area contributed by atoms with Gasteiger partial charge < -0.3 is 15.2 Å². The SMILES string of the molecule is CCOc1cc(CC(C)N)cc(Br)c1OC(C)CC. The maximum absolute atomic E-state index is 5.93. The van der Waals surface area contributed by atoms with E-state index in [0.29, 0.717) is 6.61 Å². The minimum atomic E-state index is 0.128. The van der Waals surface area contributed by atoms with E-state index in [1.165, 1.54) is 0 Å². The predicted octanol–water partition coefficient (Wildman–Crippen LogP) is 3.91. The van der Waals surface area contributed by atoms with Crippen LogP contribution in [0.3, 0.4) is 0 Å². The Bertz CT molecular complexity index is 407. The minimum Gasteiger partial charge on any atom is -0.490 e. The van der Waals surface area contributed by atoms with Crippen LogP contribution in [0.1, 0.15) is 39.7 Å². The number of rotatable bonds is 7. The lowest BCUT2D eigenvalue weighted by molar-refractivity contribution is 0.201. The molecule has 0 bridgehead atoms. The molecule has 3 nitrogen and oxygen atoms in total. The van der Waals surface area contributed by atoms with Gasteiger partial charge >= 0.3 is 0 Å². The maximum atomic E-state index is 5.93. The van der Waals surface area contributed by atoms with Crippen LogP contribution in [-0.4, -0.2) is 18.8 Å². The summed E-state index contributed by atoms with van der Waals surface area (Å²) in [5, 5.41) is 0. The Morgan fingerprint density at radius 3 is 2.47 bits per heavy atom. The summed E-state index contributed by atoms with van der Waals surface area (Å²) in [7, 11) is 0. The van der Waals surface area contributed by atoms with Crippen LogP contribution in [-0.2, 0) is 6.42 Å². The first-order chi connectivity index (χ1) is 8.97. The molecule has 0 saturated carbocycles. The van der Waals surface area contributed by atoms with Gasteiger partial charge in [-0.15, -0.1) is 0 Å². The van der Waals surface area contributed by atoms with Gasteiger partial charge in [0.05, 0.1) is 17.2 Å². The Hall–Kier alpha value is -0.740. The predicted molar refractivity (Wildman–Crippen MR) is 83.0 cm³/mol. The summed E-state index contributed by atoms with van der Waals surface area (Å²) in [6.45, 7) is 8.74. The van der Waals surface area contributed by atoms with Gasteiger partial charge in [0.25, 0.3) is 0 Å². The van der Waals surface area contributed by atoms with Gasteiger partial charge in [-0.3, -0.25) is 0 Å². The van der Waals surface area contributed by atoms with Crippen molar-refractivity contribution in [3.63, 3.8) is 0 Å². The molecule has 0 aliphatic carbocycles. The van der Waals surface area contributed by atoms with Crippen molar-refractivity contribution in [2.24, 2.45) is 5.73 Å². The zero-order valence-corrected chi connectivity index (χ0v) is 13.8. The van der Waals surface area contributed by atoms with Gasteiger partial charge in [-0.25, -0.2) is 0 Å². The summed E-state index contributed by atoms with van der Waals surface area (Å²) >= 11 is 3.57. The lowest BCUT2D eigenvalue weighted by atomic mass is 10.1. The Morgan fingerprint density at radius 2 is 1.95 bits per heavy atom. The smallest absolute Gasteiger partial charge is 0.175 e. The van der Waals surface area contributed by atoms with Crippen molar-refractivity contribution in [1.82, 2.24) is 0 Å². The molecule has 0 fully saturated rings. The molecule has 0 aliphatic rings. The van der Waals surface area contributed by atoms with E-state index < -0.39 is 0 Å². The number of hydrogen-bond acceptors (Lipinski definition) is 3. The van der Waals surface area contributed by atoms with Gasteiger partial charge in [-0.2, -0.15) is 0 Å². The zero-order chi connectivity index (χ0) is 14.4. The van der Waals surface area contributed by atoms with E-state index in [2.05, 4.69) is 35.8 Å². The molecule has 2 atom stereocenters. The van der Waals surface area contributed by atoms with E-state index in [0.717, 1.165) is 34.4 Å². The van der Waals surface area contributed by atoms with E-state index in [1.54, 1.807) is 0 Å². The zero-order valence-electron chi connectivity index (χ0n) is 12.2. The van der Waals surface area contributed by atoms with Gasteiger partial charge in [-0.05, 0) is 67.2 Å². The Kier molecular flexibility index (Phi) is 6.66. The van der Waals surface area contributed by atoms with Crippen LogP contribution in [0.2, 0.25) is 0 Å². The Labute approximate surface area is 124 Å². The average molecular weight is 330 g/mol. The normalized spacial score (nSPS) is 14.0. The molecule has 108 valence electrons. The largest absolute Gasteiger partial charge is 0.490 e. The minimum absolute atomic E-state index is 0.128. The van der Waals surface area contributed by atoms with Crippen LogP contribution in [0.15, 0.2) is 16.6 Å². The van der Waals surface area contributed by atoms with Crippen LogP contribution in [0.25, 0.3) is 0 Å². The van der Waals surface area contributed by atoms with Crippen molar-refractivity contribution in [2.45, 2.75) is 52.7 Å². The second-order valence-corrected chi connectivity index (χ2v) is 5.71. The molecule has 2 unspecified atom stereocenters. The molecule has 2 N–H and O–H groups in total. The Balaban J connectivity index is 3.07. The monoisotopic (exact) mass is 329 g/mol. The van der Waals surface area contributed by atoms with Crippen molar-refractivity contribution < 1.29 is 9.47 Å². The third-order valence-corrected chi connectivity index (χ3v) is 3.41. The number of hydrogen-bond donors (Lipinski definition) is 1. The second-order valence-electron chi connectivity index (χ2n) is 4.86. The molecule has 0 aliphatic heterocycles. The molecule has 1 aromatic carbocycles. The lowest BCUT2D eigenvalue weighted by Gasteiger charge is -2.19. The summed E-state index contributed by atoms with van der Waals surface area (Å²) in [5.41, 5.74) is 7.01. The Morgan fingerprint density at radius 1 is 1.26 bits per heavy atom.